The number of Topliss-reactive ketones (excluding diaryl/α,β-unsaturated/α-hetero) is 2. The number of carbonyl (C=O) groups is 3. The zero-order valence-corrected chi connectivity index (χ0v) is 12.4. The van der Waals surface area contributed by atoms with Gasteiger partial charge in [0.1, 0.15) is 0 Å². The molecule has 21 heavy (non-hydrogen) atoms. The van der Waals surface area contributed by atoms with E-state index in [0.717, 1.165) is 6.42 Å². The van der Waals surface area contributed by atoms with Crippen molar-refractivity contribution in [1.82, 2.24) is 0 Å². The van der Waals surface area contributed by atoms with Crippen LogP contribution in [0.2, 0.25) is 5.02 Å². The van der Waals surface area contributed by atoms with Gasteiger partial charge in [0, 0.05) is 10.6 Å². The molecule has 0 radical (unpaired) electrons. The highest BCUT2D eigenvalue weighted by atomic mass is 35.5. The van der Waals surface area contributed by atoms with Gasteiger partial charge in [0.05, 0.1) is 12.0 Å². The fourth-order valence-electron chi connectivity index (χ4n) is 3.31. The summed E-state index contributed by atoms with van der Waals surface area (Å²) in [6.07, 6.45) is 2.25. The lowest BCUT2D eigenvalue weighted by Gasteiger charge is -2.45. The molecule has 1 fully saturated rings. The number of carbonyl (C=O) groups excluding carboxylic acids is 3. The smallest absolute Gasteiger partial charge is 0.324 e. The number of hydrogen-bond donors (Lipinski definition) is 0. The number of ether oxygens (including phenoxy) is 1. The summed E-state index contributed by atoms with van der Waals surface area (Å²) in [5.41, 5.74) is 0.402. The van der Waals surface area contributed by atoms with Gasteiger partial charge in [0.15, 0.2) is 17.5 Å². The standard InChI is InChI=1S/C16H15ClO4/c1-2-21-15(20)12-13(18)10-8-9(17)4-5-11(10)16(14(12)19)6-3-7-16/h4-5,8,12H,2-3,6-7H2,1H3. The van der Waals surface area contributed by atoms with Crippen LogP contribution in [0.3, 0.4) is 0 Å². The van der Waals surface area contributed by atoms with E-state index in [1.807, 2.05) is 0 Å². The van der Waals surface area contributed by atoms with Gasteiger partial charge in [-0.15, -0.1) is 0 Å². The van der Waals surface area contributed by atoms with Crippen molar-refractivity contribution in [3.05, 3.63) is 34.3 Å². The van der Waals surface area contributed by atoms with Gasteiger partial charge in [0.25, 0.3) is 0 Å². The second-order valence-electron chi connectivity index (χ2n) is 5.54. The normalized spacial score (nSPS) is 22.7. The van der Waals surface area contributed by atoms with Gasteiger partial charge in [-0.1, -0.05) is 24.1 Å². The first-order valence-electron chi connectivity index (χ1n) is 7.06. The summed E-state index contributed by atoms with van der Waals surface area (Å²) in [6, 6.07) is 4.98. The number of esters is 1. The van der Waals surface area contributed by atoms with E-state index in [4.69, 9.17) is 16.3 Å². The zero-order chi connectivity index (χ0) is 15.2. The van der Waals surface area contributed by atoms with Gasteiger partial charge in [-0.05, 0) is 37.5 Å². The van der Waals surface area contributed by atoms with Gasteiger partial charge in [-0.25, -0.2) is 0 Å². The molecule has 1 aromatic rings. The summed E-state index contributed by atoms with van der Waals surface area (Å²) >= 11 is 5.97. The minimum Gasteiger partial charge on any atom is -0.465 e. The highest BCUT2D eigenvalue weighted by molar-refractivity contribution is 6.32. The quantitative estimate of drug-likeness (QED) is 0.622. The molecule has 1 unspecified atom stereocenters. The predicted octanol–water partition coefficient (Wildman–Crippen LogP) is 2.71. The minimum absolute atomic E-state index is 0.144. The van der Waals surface area contributed by atoms with Crippen molar-refractivity contribution < 1.29 is 19.1 Å². The van der Waals surface area contributed by atoms with E-state index in [9.17, 15) is 14.4 Å². The Morgan fingerprint density at radius 1 is 1.38 bits per heavy atom. The lowest BCUT2D eigenvalue weighted by Crippen LogP contribution is -2.54. The second-order valence-corrected chi connectivity index (χ2v) is 5.98. The molecule has 110 valence electrons. The Morgan fingerprint density at radius 3 is 2.67 bits per heavy atom. The van der Waals surface area contributed by atoms with Crippen molar-refractivity contribution >= 4 is 29.1 Å². The van der Waals surface area contributed by atoms with Crippen LogP contribution in [-0.2, 0) is 19.7 Å². The van der Waals surface area contributed by atoms with Gasteiger partial charge in [-0.3, -0.25) is 14.4 Å². The van der Waals surface area contributed by atoms with Gasteiger partial charge < -0.3 is 4.74 Å². The van der Waals surface area contributed by atoms with Crippen molar-refractivity contribution in [1.29, 1.82) is 0 Å². The average Bonchev–Trinajstić information content (AvgIpc) is 2.38. The summed E-state index contributed by atoms with van der Waals surface area (Å²) < 4.78 is 4.92. The molecule has 4 nitrogen and oxygen atoms in total. The number of rotatable bonds is 2. The summed E-state index contributed by atoms with van der Waals surface area (Å²) in [5, 5.41) is 0.425. The van der Waals surface area contributed by atoms with Gasteiger partial charge >= 0.3 is 5.97 Å². The van der Waals surface area contributed by atoms with Crippen LogP contribution in [0.4, 0.5) is 0 Å². The molecule has 0 saturated heterocycles. The second kappa shape index (κ2) is 4.95. The number of fused-ring (bicyclic) bond motifs is 2. The number of benzene rings is 1. The maximum atomic E-state index is 12.7. The maximum absolute atomic E-state index is 12.7. The van der Waals surface area contributed by atoms with Gasteiger partial charge in [0.2, 0.25) is 0 Å². The Morgan fingerprint density at radius 2 is 2.10 bits per heavy atom. The molecule has 1 atom stereocenters. The maximum Gasteiger partial charge on any atom is 0.324 e. The van der Waals surface area contributed by atoms with Crippen LogP contribution in [0.15, 0.2) is 18.2 Å². The Bertz CT molecular complexity index is 646. The zero-order valence-electron chi connectivity index (χ0n) is 11.6. The van der Waals surface area contributed by atoms with E-state index in [0.29, 0.717) is 29.0 Å². The Balaban J connectivity index is 2.14. The van der Waals surface area contributed by atoms with Crippen LogP contribution in [-0.4, -0.2) is 24.1 Å². The lowest BCUT2D eigenvalue weighted by molar-refractivity contribution is -0.152. The van der Waals surface area contributed by atoms with E-state index in [2.05, 4.69) is 0 Å². The first kappa shape index (κ1) is 14.3. The first-order chi connectivity index (χ1) is 10.0. The van der Waals surface area contributed by atoms with Crippen molar-refractivity contribution in [3.63, 3.8) is 0 Å². The fourth-order valence-corrected chi connectivity index (χ4v) is 3.48. The molecule has 0 amide bonds. The van der Waals surface area contributed by atoms with E-state index < -0.39 is 23.1 Å². The summed E-state index contributed by atoms with van der Waals surface area (Å²) in [4.78, 5) is 37.3. The average molecular weight is 307 g/mol. The van der Waals surface area contributed by atoms with Crippen molar-refractivity contribution in [2.24, 2.45) is 5.92 Å². The lowest BCUT2D eigenvalue weighted by atomic mass is 9.55. The molecule has 0 N–H and O–H groups in total. The molecular weight excluding hydrogens is 292 g/mol. The van der Waals surface area contributed by atoms with Crippen LogP contribution in [0.5, 0.6) is 0 Å². The van der Waals surface area contributed by atoms with Crippen LogP contribution >= 0.6 is 11.6 Å². The molecule has 1 spiro atoms. The highest BCUT2D eigenvalue weighted by Gasteiger charge is 2.57. The molecule has 2 aliphatic carbocycles. The SMILES string of the molecule is CCOC(=O)C1C(=O)c2cc(Cl)ccc2C2(CCC2)C1=O. The molecule has 1 saturated carbocycles. The largest absolute Gasteiger partial charge is 0.465 e. The third-order valence-electron chi connectivity index (χ3n) is 4.49. The Hall–Kier alpha value is -1.68. The first-order valence-corrected chi connectivity index (χ1v) is 7.44. The van der Waals surface area contributed by atoms with E-state index in [1.165, 1.54) is 0 Å². The summed E-state index contributed by atoms with van der Waals surface area (Å²) in [7, 11) is 0. The third-order valence-corrected chi connectivity index (χ3v) is 4.72. The molecule has 0 heterocycles. The summed E-state index contributed by atoms with van der Waals surface area (Å²) in [6.45, 7) is 1.80. The molecule has 0 bridgehead atoms. The molecule has 2 aliphatic rings. The Labute approximate surface area is 127 Å². The minimum atomic E-state index is -1.34. The summed E-state index contributed by atoms with van der Waals surface area (Å²) in [5.74, 6) is -2.89. The Kier molecular flexibility index (Phi) is 3.36. The topological polar surface area (TPSA) is 60.4 Å². The van der Waals surface area contributed by atoms with E-state index >= 15 is 0 Å². The van der Waals surface area contributed by atoms with E-state index in [1.54, 1.807) is 25.1 Å². The van der Waals surface area contributed by atoms with Crippen LogP contribution in [0.25, 0.3) is 0 Å². The van der Waals surface area contributed by atoms with Crippen LogP contribution in [0, 0.1) is 5.92 Å². The molecular formula is C16H15ClO4. The fraction of sp³-hybridized carbons (Fsp3) is 0.438. The molecule has 0 aliphatic heterocycles. The predicted molar refractivity (Wildman–Crippen MR) is 76.4 cm³/mol. The molecule has 0 aromatic heterocycles. The van der Waals surface area contributed by atoms with E-state index in [-0.39, 0.29) is 12.4 Å². The molecule has 3 rings (SSSR count). The highest BCUT2D eigenvalue weighted by Crippen LogP contribution is 2.50. The monoisotopic (exact) mass is 306 g/mol. The molecule has 5 heteroatoms. The van der Waals surface area contributed by atoms with Crippen LogP contribution < -0.4 is 0 Å². The van der Waals surface area contributed by atoms with Gasteiger partial charge in [-0.2, -0.15) is 0 Å². The molecule has 1 aromatic carbocycles. The number of hydrogen-bond acceptors (Lipinski definition) is 4. The number of ketones is 2. The number of halogens is 1. The van der Waals surface area contributed by atoms with Crippen molar-refractivity contribution in [2.45, 2.75) is 31.6 Å². The van der Waals surface area contributed by atoms with Crippen molar-refractivity contribution in [2.75, 3.05) is 6.61 Å². The third kappa shape index (κ3) is 1.93. The van der Waals surface area contributed by atoms with Crippen LogP contribution in [0.1, 0.15) is 42.1 Å². The van der Waals surface area contributed by atoms with Crippen molar-refractivity contribution in [3.8, 4) is 0 Å².